The summed E-state index contributed by atoms with van der Waals surface area (Å²) in [5, 5.41) is 11.6. The highest BCUT2D eigenvalue weighted by atomic mass is 35.5. The van der Waals surface area contributed by atoms with Crippen molar-refractivity contribution in [1.82, 2.24) is 19.5 Å². The summed E-state index contributed by atoms with van der Waals surface area (Å²) in [6.45, 7) is 2.39. The molecule has 2 heterocycles. The van der Waals surface area contributed by atoms with Gasteiger partial charge < -0.3 is 9.88 Å². The third kappa shape index (κ3) is 4.40. The first-order chi connectivity index (χ1) is 12.5. The maximum Gasteiger partial charge on any atom is 0.240 e. The number of sulfonamides is 1. The first kappa shape index (κ1) is 18.4. The minimum Gasteiger partial charge on any atom is -0.367 e. The van der Waals surface area contributed by atoms with Crippen molar-refractivity contribution in [2.45, 2.75) is 11.8 Å². The van der Waals surface area contributed by atoms with Gasteiger partial charge in [-0.25, -0.2) is 13.1 Å². The Kier molecular flexibility index (Phi) is 5.55. The molecule has 1 aromatic carbocycles. The Labute approximate surface area is 157 Å². The Hall–Kier alpha value is -2.42. The number of nitrogens with one attached hydrogen (secondary N) is 2. The van der Waals surface area contributed by atoms with E-state index >= 15 is 0 Å². The maximum absolute atomic E-state index is 12.3. The lowest BCUT2D eigenvalue weighted by atomic mass is 10.2. The molecule has 26 heavy (non-hydrogen) atoms. The fraction of sp³-hybridized carbons (Fsp3) is 0.176. The molecule has 0 aliphatic heterocycles. The van der Waals surface area contributed by atoms with Crippen molar-refractivity contribution in [2.75, 3.05) is 18.4 Å². The van der Waals surface area contributed by atoms with Crippen LogP contribution < -0.4 is 10.0 Å². The number of anilines is 1. The minimum absolute atomic E-state index is 0.143. The Bertz CT molecular complexity index is 973. The number of hydrogen-bond acceptors (Lipinski definition) is 5. The van der Waals surface area contributed by atoms with Crippen molar-refractivity contribution in [1.29, 1.82) is 0 Å². The number of aryl methyl sites for hydroxylation is 1. The first-order valence-electron chi connectivity index (χ1n) is 7.92. The second-order valence-corrected chi connectivity index (χ2v) is 7.78. The second kappa shape index (κ2) is 7.86. The van der Waals surface area contributed by atoms with Gasteiger partial charge in [0.05, 0.1) is 4.90 Å². The van der Waals surface area contributed by atoms with Crippen molar-refractivity contribution >= 4 is 27.4 Å². The molecule has 7 nitrogen and oxygen atoms in total. The summed E-state index contributed by atoms with van der Waals surface area (Å²) in [4.78, 5) is 0.143. The van der Waals surface area contributed by atoms with Gasteiger partial charge >= 0.3 is 0 Å². The predicted molar refractivity (Wildman–Crippen MR) is 101 cm³/mol. The summed E-state index contributed by atoms with van der Waals surface area (Å²) in [5.41, 5.74) is 0.828. The lowest BCUT2D eigenvalue weighted by molar-refractivity contribution is 0.583. The van der Waals surface area contributed by atoms with Crippen LogP contribution in [0, 0.1) is 6.92 Å². The monoisotopic (exact) mass is 391 g/mol. The standard InChI is InChI=1S/C17H18ClN5O2S/c1-13-4-5-14(12-15(13)18)26(24,25)20-9-8-19-16-6-7-17(22-21-16)23-10-2-3-11-23/h2-7,10-12,20H,8-9H2,1H3,(H,19,21). The molecule has 0 atom stereocenters. The predicted octanol–water partition coefficient (Wildman–Crippen LogP) is 2.62. The molecule has 0 spiro atoms. The molecule has 0 amide bonds. The molecular formula is C17H18ClN5O2S. The lowest BCUT2D eigenvalue weighted by Gasteiger charge is -2.09. The summed E-state index contributed by atoms with van der Waals surface area (Å²) >= 11 is 5.99. The minimum atomic E-state index is -3.60. The average molecular weight is 392 g/mol. The number of benzene rings is 1. The third-order valence-electron chi connectivity index (χ3n) is 3.70. The number of halogens is 1. The van der Waals surface area contributed by atoms with Gasteiger partial charge in [-0.2, -0.15) is 0 Å². The van der Waals surface area contributed by atoms with E-state index in [1.165, 1.54) is 12.1 Å². The fourth-order valence-corrected chi connectivity index (χ4v) is 3.55. The van der Waals surface area contributed by atoms with Crippen molar-refractivity contribution < 1.29 is 8.42 Å². The molecule has 0 fully saturated rings. The third-order valence-corrected chi connectivity index (χ3v) is 5.56. The second-order valence-electron chi connectivity index (χ2n) is 5.60. The highest BCUT2D eigenvalue weighted by molar-refractivity contribution is 7.89. The molecule has 9 heteroatoms. The molecule has 136 valence electrons. The van der Waals surface area contributed by atoms with Gasteiger partial charge in [0.2, 0.25) is 10.0 Å². The highest BCUT2D eigenvalue weighted by Gasteiger charge is 2.14. The molecule has 0 saturated heterocycles. The van der Waals surface area contributed by atoms with Crippen LogP contribution >= 0.6 is 11.6 Å². The van der Waals surface area contributed by atoms with E-state index in [-0.39, 0.29) is 11.4 Å². The molecule has 0 aliphatic carbocycles. The van der Waals surface area contributed by atoms with E-state index in [9.17, 15) is 8.42 Å². The van der Waals surface area contributed by atoms with Crippen LogP contribution in [0.3, 0.4) is 0 Å². The Morgan fingerprint density at radius 2 is 1.85 bits per heavy atom. The number of rotatable bonds is 7. The Morgan fingerprint density at radius 3 is 2.50 bits per heavy atom. The summed E-state index contributed by atoms with van der Waals surface area (Å²) in [6, 6.07) is 12.1. The van der Waals surface area contributed by atoms with E-state index in [4.69, 9.17) is 11.6 Å². The Balaban J connectivity index is 1.52. The SMILES string of the molecule is Cc1ccc(S(=O)(=O)NCCNc2ccc(-n3cccc3)nn2)cc1Cl. The summed E-state index contributed by atoms with van der Waals surface area (Å²) in [5.74, 6) is 1.27. The molecule has 0 radical (unpaired) electrons. The molecule has 2 aromatic heterocycles. The van der Waals surface area contributed by atoms with Crippen molar-refractivity contribution in [3.05, 3.63) is 65.4 Å². The van der Waals surface area contributed by atoms with Crippen LogP contribution in [0.1, 0.15) is 5.56 Å². The van der Waals surface area contributed by atoms with Gasteiger partial charge in [0, 0.05) is 30.5 Å². The number of hydrogen-bond donors (Lipinski definition) is 2. The molecule has 0 bridgehead atoms. The van der Waals surface area contributed by atoms with Crippen molar-refractivity contribution in [3.8, 4) is 5.82 Å². The van der Waals surface area contributed by atoms with Crippen LogP contribution in [-0.2, 0) is 10.0 Å². The smallest absolute Gasteiger partial charge is 0.240 e. The zero-order chi connectivity index (χ0) is 18.6. The average Bonchev–Trinajstić information content (AvgIpc) is 3.16. The van der Waals surface area contributed by atoms with Crippen LogP contribution in [0.5, 0.6) is 0 Å². The van der Waals surface area contributed by atoms with Gasteiger partial charge in [0.1, 0.15) is 5.82 Å². The Morgan fingerprint density at radius 1 is 1.08 bits per heavy atom. The van der Waals surface area contributed by atoms with Crippen LogP contribution in [0.15, 0.2) is 59.8 Å². The topological polar surface area (TPSA) is 88.9 Å². The van der Waals surface area contributed by atoms with E-state index in [1.807, 2.05) is 42.1 Å². The van der Waals surface area contributed by atoms with E-state index in [1.54, 1.807) is 12.1 Å². The van der Waals surface area contributed by atoms with Crippen LogP contribution in [0.4, 0.5) is 5.82 Å². The van der Waals surface area contributed by atoms with Crippen molar-refractivity contribution in [3.63, 3.8) is 0 Å². The fourth-order valence-electron chi connectivity index (χ4n) is 2.24. The largest absolute Gasteiger partial charge is 0.367 e. The normalized spacial score (nSPS) is 11.5. The zero-order valence-electron chi connectivity index (χ0n) is 14.1. The molecule has 0 unspecified atom stereocenters. The highest BCUT2D eigenvalue weighted by Crippen LogP contribution is 2.19. The van der Waals surface area contributed by atoms with Gasteiger partial charge in [0.25, 0.3) is 0 Å². The summed E-state index contributed by atoms with van der Waals surface area (Å²) in [6.07, 6.45) is 3.76. The lowest BCUT2D eigenvalue weighted by Crippen LogP contribution is -2.29. The van der Waals surface area contributed by atoms with E-state index in [0.717, 1.165) is 5.56 Å². The first-order valence-corrected chi connectivity index (χ1v) is 9.78. The van der Waals surface area contributed by atoms with E-state index < -0.39 is 10.0 Å². The van der Waals surface area contributed by atoms with Gasteiger partial charge in [-0.15, -0.1) is 10.2 Å². The van der Waals surface area contributed by atoms with Gasteiger partial charge in [0.15, 0.2) is 5.82 Å². The zero-order valence-corrected chi connectivity index (χ0v) is 15.6. The van der Waals surface area contributed by atoms with Crippen LogP contribution in [0.25, 0.3) is 5.82 Å². The number of aromatic nitrogens is 3. The van der Waals surface area contributed by atoms with Crippen LogP contribution in [0.2, 0.25) is 5.02 Å². The van der Waals surface area contributed by atoms with E-state index in [2.05, 4.69) is 20.2 Å². The van der Waals surface area contributed by atoms with Gasteiger partial charge in [-0.1, -0.05) is 17.7 Å². The van der Waals surface area contributed by atoms with Gasteiger partial charge in [-0.05, 0) is 48.9 Å². The van der Waals surface area contributed by atoms with Gasteiger partial charge in [-0.3, -0.25) is 0 Å². The van der Waals surface area contributed by atoms with Crippen LogP contribution in [-0.4, -0.2) is 36.3 Å². The molecule has 3 aromatic rings. The molecule has 3 rings (SSSR count). The molecule has 0 aliphatic rings. The summed E-state index contributed by atoms with van der Waals surface area (Å²) < 4.78 is 28.9. The molecule has 0 saturated carbocycles. The quantitative estimate of drug-likeness (QED) is 0.604. The maximum atomic E-state index is 12.3. The number of nitrogens with zero attached hydrogens (tertiary/aromatic N) is 3. The molecular weight excluding hydrogens is 374 g/mol. The van der Waals surface area contributed by atoms with E-state index in [0.29, 0.717) is 23.2 Å². The molecule has 2 N–H and O–H groups in total. The summed E-state index contributed by atoms with van der Waals surface area (Å²) in [7, 11) is -3.60. The van der Waals surface area contributed by atoms with Crippen molar-refractivity contribution in [2.24, 2.45) is 0 Å².